The maximum atomic E-state index is 13.3. The molecule has 1 amide bonds. The first-order chi connectivity index (χ1) is 18.6. The lowest BCUT2D eigenvalue weighted by molar-refractivity contribution is -0.241. The molecule has 6 nitrogen and oxygen atoms in total. The third-order valence-corrected chi connectivity index (χ3v) is 10.2. The van der Waals surface area contributed by atoms with Crippen LogP contribution in [0.5, 0.6) is 0 Å². The van der Waals surface area contributed by atoms with Crippen LogP contribution in [-0.4, -0.2) is 71.2 Å². The number of rotatable bonds is 0. The quantitative estimate of drug-likeness (QED) is 0.448. The number of piperidine rings is 2. The fraction of sp³-hybridized carbons (Fsp3) is 0.719. The molecule has 6 heteroatoms. The Balaban J connectivity index is 1.25. The number of fused-ring (bicyclic) bond motifs is 2. The van der Waals surface area contributed by atoms with Crippen LogP contribution in [0.3, 0.4) is 0 Å². The molecule has 208 valence electrons. The van der Waals surface area contributed by atoms with Gasteiger partial charge in [0, 0.05) is 19.6 Å². The van der Waals surface area contributed by atoms with E-state index in [9.17, 15) is 9.90 Å². The average Bonchev–Trinajstić information content (AvgIpc) is 2.93. The van der Waals surface area contributed by atoms with Crippen molar-refractivity contribution in [3.63, 3.8) is 0 Å². The number of nitrogens with zero attached hydrogens (tertiary/aromatic N) is 2. The molecule has 8 unspecified atom stereocenters. The highest BCUT2D eigenvalue weighted by atomic mass is 16.5. The lowest BCUT2D eigenvalue weighted by Gasteiger charge is -2.57. The van der Waals surface area contributed by atoms with Gasteiger partial charge in [0.15, 0.2) is 0 Å². The zero-order valence-electron chi connectivity index (χ0n) is 22.8. The molecule has 0 saturated carbocycles. The molecule has 0 aromatic carbocycles. The first-order valence-corrected chi connectivity index (χ1v) is 15.3. The predicted octanol–water partition coefficient (Wildman–Crippen LogP) is 5.11. The molecule has 5 aliphatic heterocycles. The highest BCUT2D eigenvalue weighted by Crippen LogP contribution is 2.52. The number of allylic oxidation sites excluding steroid dienone is 6. The van der Waals surface area contributed by atoms with Gasteiger partial charge in [-0.25, -0.2) is 0 Å². The summed E-state index contributed by atoms with van der Waals surface area (Å²) in [5.74, 6) is 0.994. The molecular weight excluding hydrogens is 476 g/mol. The van der Waals surface area contributed by atoms with Crippen molar-refractivity contribution >= 4 is 5.91 Å². The van der Waals surface area contributed by atoms with Crippen molar-refractivity contribution in [2.45, 2.75) is 108 Å². The van der Waals surface area contributed by atoms with Crippen molar-refractivity contribution < 1.29 is 19.4 Å². The van der Waals surface area contributed by atoms with Gasteiger partial charge in [0.1, 0.15) is 12.5 Å². The average molecular weight is 523 g/mol. The van der Waals surface area contributed by atoms with Gasteiger partial charge in [0.05, 0.1) is 30.1 Å². The van der Waals surface area contributed by atoms with E-state index in [0.29, 0.717) is 18.4 Å². The zero-order chi connectivity index (χ0) is 26.0. The molecule has 5 heterocycles. The molecule has 4 fully saturated rings. The van der Waals surface area contributed by atoms with Crippen LogP contribution in [0.4, 0.5) is 0 Å². The summed E-state index contributed by atoms with van der Waals surface area (Å²) in [7, 11) is 0. The Morgan fingerprint density at radius 2 is 1.71 bits per heavy atom. The monoisotopic (exact) mass is 522 g/mol. The predicted molar refractivity (Wildman–Crippen MR) is 148 cm³/mol. The second-order valence-corrected chi connectivity index (χ2v) is 12.4. The molecular formula is C32H46N2O4. The summed E-state index contributed by atoms with van der Waals surface area (Å²) in [5.41, 5.74) is -0.488. The minimum atomic E-state index is -0.614. The van der Waals surface area contributed by atoms with Crippen molar-refractivity contribution in [2.75, 3.05) is 19.6 Å². The largest absolute Gasteiger partial charge is 0.388 e. The van der Waals surface area contributed by atoms with E-state index in [1.165, 1.54) is 25.7 Å². The van der Waals surface area contributed by atoms with Crippen LogP contribution in [0.2, 0.25) is 0 Å². The summed E-state index contributed by atoms with van der Waals surface area (Å²) in [4.78, 5) is 17.8. The first-order valence-electron chi connectivity index (χ1n) is 15.3. The van der Waals surface area contributed by atoms with Gasteiger partial charge in [0.25, 0.3) is 0 Å². The topological polar surface area (TPSA) is 62.2 Å². The summed E-state index contributed by atoms with van der Waals surface area (Å²) >= 11 is 0. The zero-order valence-corrected chi connectivity index (χ0v) is 22.8. The van der Waals surface area contributed by atoms with E-state index in [1.54, 1.807) is 0 Å². The van der Waals surface area contributed by atoms with E-state index < -0.39 is 11.5 Å². The van der Waals surface area contributed by atoms with E-state index in [0.717, 1.165) is 64.6 Å². The van der Waals surface area contributed by atoms with Gasteiger partial charge in [-0.05, 0) is 69.6 Å². The van der Waals surface area contributed by atoms with Gasteiger partial charge in [-0.3, -0.25) is 9.69 Å². The van der Waals surface area contributed by atoms with Crippen LogP contribution in [0.1, 0.15) is 77.0 Å². The molecule has 6 rings (SSSR count). The van der Waals surface area contributed by atoms with E-state index >= 15 is 0 Å². The van der Waals surface area contributed by atoms with Gasteiger partial charge < -0.3 is 19.5 Å². The molecule has 1 N–H and O–H groups in total. The van der Waals surface area contributed by atoms with E-state index in [1.807, 2.05) is 11.0 Å². The van der Waals surface area contributed by atoms with Crippen LogP contribution < -0.4 is 0 Å². The normalized spacial score (nSPS) is 45.0. The van der Waals surface area contributed by atoms with E-state index in [4.69, 9.17) is 9.47 Å². The molecule has 0 radical (unpaired) electrons. The molecule has 1 aliphatic carbocycles. The Kier molecular flexibility index (Phi) is 8.22. The van der Waals surface area contributed by atoms with Gasteiger partial charge in [-0.1, -0.05) is 61.4 Å². The Morgan fingerprint density at radius 1 is 0.842 bits per heavy atom. The molecule has 38 heavy (non-hydrogen) atoms. The first kappa shape index (κ1) is 26.5. The molecule has 0 aromatic heterocycles. The number of aliphatic hydroxyl groups is 1. The number of hydrogen-bond acceptors (Lipinski definition) is 5. The van der Waals surface area contributed by atoms with Gasteiger partial charge in [-0.2, -0.15) is 0 Å². The summed E-state index contributed by atoms with van der Waals surface area (Å²) in [6.07, 6.45) is 28.8. The summed E-state index contributed by atoms with van der Waals surface area (Å²) in [6, 6.07) is 0. The fourth-order valence-electron chi connectivity index (χ4n) is 8.17. The molecule has 1 spiro atoms. The lowest BCUT2D eigenvalue weighted by Crippen LogP contribution is -2.66. The van der Waals surface area contributed by atoms with Crippen molar-refractivity contribution in [3.05, 3.63) is 48.6 Å². The molecule has 6 aliphatic rings. The van der Waals surface area contributed by atoms with Gasteiger partial charge in [0.2, 0.25) is 5.91 Å². The Hall–Kier alpha value is -1.73. The highest BCUT2D eigenvalue weighted by molar-refractivity contribution is 5.78. The van der Waals surface area contributed by atoms with Gasteiger partial charge >= 0.3 is 0 Å². The van der Waals surface area contributed by atoms with Crippen LogP contribution in [0.25, 0.3) is 0 Å². The highest BCUT2D eigenvalue weighted by Gasteiger charge is 2.57. The Morgan fingerprint density at radius 3 is 2.63 bits per heavy atom. The van der Waals surface area contributed by atoms with Crippen molar-refractivity contribution in [2.24, 2.45) is 17.3 Å². The Bertz CT molecular complexity index is 959. The van der Waals surface area contributed by atoms with Crippen molar-refractivity contribution in [1.29, 1.82) is 0 Å². The third kappa shape index (κ3) is 5.22. The number of carbonyl (C=O) groups is 1. The molecule has 0 aromatic rings. The smallest absolute Gasteiger partial charge is 0.227 e. The second-order valence-electron chi connectivity index (χ2n) is 12.4. The second kappa shape index (κ2) is 11.8. The third-order valence-electron chi connectivity index (χ3n) is 10.2. The summed E-state index contributed by atoms with van der Waals surface area (Å²) in [6.45, 7) is 2.79. The number of ether oxygens (including phenoxy) is 2. The fourth-order valence-corrected chi connectivity index (χ4v) is 8.17. The van der Waals surface area contributed by atoms with Crippen LogP contribution in [-0.2, 0) is 14.3 Å². The molecule has 4 saturated heterocycles. The van der Waals surface area contributed by atoms with Gasteiger partial charge in [-0.15, -0.1) is 0 Å². The van der Waals surface area contributed by atoms with Crippen molar-refractivity contribution in [3.8, 4) is 0 Å². The molecule has 4 bridgehead atoms. The Labute approximate surface area is 228 Å². The van der Waals surface area contributed by atoms with E-state index in [-0.39, 0.29) is 30.4 Å². The number of aliphatic hydroxyl groups excluding tert-OH is 1. The SMILES string of the molecule is O=C1CC2CCCCC3CCC4CCCN(C/C=C/C=C/C=C/C5CC=CC(O)C56CCCN1C6O2)C4O3. The summed E-state index contributed by atoms with van der Waals surface area (Å²) < 4.78 is 13.5. The number of hydrogen-bond donors (Lipinski definition) is 1. The van der Waals surface area contributed by atoms with Crippen LogP contribution in [0, 0.1) is 17.3 Å². The standard InChI is InChI=1S/C32H46N2O4/c35-28-16-8-13-25-12-4-2-1-3-7-20-33-21-9-11-24-17-18-26(37-30(24)33)14-5-6-15-27-23-29(36)34-22-10-19-32(25,28)31(34)38-27/h1-4,7-8,12,16,24-28,30-31,35H,5-6,9-11,13-15,17-23H2/b2-1+,7-3+,12-4+. The number of carbonyl (C=O) groups excluding carboxylic acids is 1. The minimum Gasteiger partial charge on any atom is -0.388 e. The molecule has 8 atom stereocenters. The van der Waals surface area contributed by atoms with Crippen LogP contribution in [0.15, 0.2) is 48.6 Å². The number of amides is 1. The van der Waals surface area contributed by atoms with Crippen molar-refractivity contribution in [1.82, 2.24) is 9.80 Å². The van der Waals surface area contributed by atoms with E-state index in [2.05, 4.69) is 47.4 Å². The van der Waals surface area contributed by atoms with Crippen LogP contribution >= 0.6 is 0 Å². The summed E-state index contributed by atoms with van der Waals surface area (Å²) in [5, 5.41) is 11.4. The maximum absolute atomic E-state index is 13.3. The maximum Gasteiger partial charge on any atom is 0.227 e. The lowest BCUT2D eigenvalue weighted by atomic mass is 9.61. The minimum absolute atomic E-state index is 0.0671.